The van der Waals surface area contributed by atoms with Crippen LogP contribution in [0.4, 0.5) is 10.1 Å². The van der Waals surface area contributed by atoms with E-state index < -0.39 is 0 Å². The largest absolute Gasteiger partial charge is 0.368 e. The number of hydrogen-bond donors (Lipinski definition) is 2. The molecule has 24 heavy (non-hydrogen) atoms. The fourth-order valence-electron chi connectivity index (χ4n) is 2.79. The van der Waals surface area contributed by atoms with Crippen LogP contribution in [0.15, 0.2) is 41.5 Å². The van der Waals surface area contributed by atoms with Crippen molar-refractivity contribution in [3.05, 3.63) is 48.0 Å². The highest BCUT2D eigenvalue weighted by atomic mass is 19.1. The van der Waals surface area contributed by atoms with Gasteiger partial charge in [-0.3, -0.25) is 5.10 Å². The highest BCUT2D eigenvalue weighted by Gasteiger charge is 2.19. The Kier molecular flexibility index (Phi) is 5.30. The van der Waals surface area contributed by atoms with Gasteiger partial charge in [-0.2, -0.15) is 5.10 Å². The molecule has 1 aliphatic rings. The Balaban J connectivity index is 1.60. The van der Waals surface area contributed by atoms with Crippen LogP contribution in [-0.4, -0.2) is 53.8 Å². The molecule has 0 amide bonds. The summed E-state index contributed by atoms with van der Waals surface area (Å²) in [6.45, 7) is 7.03. The summed E-state index contributed by atoms with van der Waals surface area (Å²) >= 11 is 0. The quantitative estimate of drug-likeness (QED) is 0.663. The zero-order chi connectivity index (χ0) is 16.8. The van der Waals surface area contributed by atoms with Gasteiger partial charge >= 0.3 is 0 Å². The van der Waals surface area contributed by atoms with Crippen molar-refractivity contribution >= 4 is 11.6 Å². The summed E-state index contributed by atoms with van der Waals surface area (Å²) in [6.07, 6.45) is 1.74. The minimum atomic E-state index is -0.197. The van der Waals surface area contributed by atoms with Crippen molar-refractivity contribution in [2.75, 3.05) is 37.6 Å². The maximum absolute atomic E-state index is 13.1. The van der Waals surface area contributed by atoms with Crippen molar-refractivity contribution in [3.8, 4) is 0 Å². The van der Waals surface area contributed by atoms with Crippen LogP contribution in [0.5, 0.6) is 0 Å². The first kappa shape index (κ1) is 16.3. The minimum absolute atomic E-state index is 0.197. The lowest BCUT2D eigenvalue weighted by atomic mass is 10.2. The standard InChI is InChI=1S/C17H23FN6/c1-2-19-17(20-13-15-7-8-21-22-15)24-11-9-23(10-12-24)16-5-3-14(18)4-6-16/h3-8H,2,9-13H2,1H3,(H,19,20)(H,21,22). The molecule has 1 saturated heterocycles. The number of aromatic nitrogens is 2. The third-order valence-electron chi connectivity index (χ3n) is 4.06. The Labute approximate surface area is 141 Å². The minimum Gasteiger partial charge on any atom is -0.368 e. The van der Waals surface area contributed by atoms with Crippen LogP contribution in [0.25, 0.3) is 0 Å². The first-order valence-corrected chi connectivity index (χ1v) is 8.28. The number of benzene rings is 1. The Bertz CT molecular complexity index is 644. The van der Waals surface area contributed by atoms with Crippen molar-refractivity contribution in [1.29, 1.82) is 0 Å². The number of aromatic amines is 1. The molecule has 6 nitrogen and oxygen atoms in total. The van der Waals surface area contributed by atoms with Crippen LogP contribution in [-0.2, 0) is 6.54 Å². The van der Waals surface area contributed by atoms with E-state index in [4.69, 9.17) is 0 Å². The van der Waals surface area contributed by atoms with E-state index in [0.717, 1.165) is 50.1 Å². The van der Waals surface area contributed by atoms with Crippen LogP contribution < -0.4 is 10.2 Å². The van der Waals surface area contributed by atoms with Gasteiger partial charge < -0.3 is 15.1 Å². The first-order chi connectivity index (χ1) is 11.8. The Hall–Kier alpha value is -2.57. The molecule has 1 aliphatic heterocycles. The van der Waals surface area contributed by atoms with E-state index in [1.165, 1.54) is 12.1 Å². The highest BCUT2D eigenvalue weighted by Crippen LogP contribution is 2.17. The zero-order valence-electron chi connectivity index (χ0n) is 13.9. The predicted molar refractivity (Wildman–Crippen MR) is 93.6 cm³/mol. The molecule has 2 aromatic rings. The van der Waals surface area contributed by atoms with Crippen LogP contribution >= 0.6 is 0 Å². The third-order valence-corrected chi connectivity index (χ3v) is 4.06. The van der Waals surface area contributed by atoms with Crippen LogP contribution in [0.2, 0.25) is 0 Å². The lowest BCUT2D eigenvalue weighted by molar-refractivity contribution is 0.372. The van der Waals surface area contributed by atoms with Gasteiger partial charge in [-0.15, -0.1) is 0 Å². The van der Waals surface area contributed by atoms with Gasteiger partial charge in [0.25, 0.3) is 0 Å². The summed E-state index contributed by atoms with van der Waals surface area (Å²) in [5.74, 6) is 0.726. The topological polar surface area (TPSA) is 59.6 Å². The Morgan fingerprint density at radius 1 is 1.21 bits per heavy atom. The van der Waals surface area contributed by atoms with Gasteiger partial charge in [0.15, 0.2) is 5.96 Å². The number of nitrogens with zero attached hydrogens (tertiary/aromatic N) is 4. The van der Waals surface area contributed by atoms with E-state index in [1.807, 2.05) is 18.2 Å². The van der Waals surface area contributed by atoms with Gasteiger partial charge in [-0.1, -0.05) is 0 Å². The fraction of sp³-hybridized carbons (Fsp3) is 0.412. The number of halogens is 1. The van der Waals surface area contributed by atoms with E-state index in [1.54, 1.807) is 6.20 Å². The SMILES string of the molecule is CCNC(=NCc1ccn[nH]1)N1CCN(c2ccc(F)cc2)CC1. The van der Waals surface area contributed by atoms with Crippen molar-refractivity contribution in [2.24, 2.45) is 4.99 Å². The van der Waals surface area contributed by atoms with Gasteiger partial charge in [0, 0.05) is 44.6 Å². The molecule has 1 fully saturated rings. The van der Waals surface area contributed by atoms with Gasteiger partial charge in [0.05, 0.1) is 12.2 Å². The second-order valence-corrected chi connectivity index (χ2v) is 5.70. The van der Waals surface area contributed by atoms with E-state index in [2.05, 4.69) is 37.2 Å². The summed E-state index contributed by atoms with van der Waals surface area (Å²) in [4.78, 5) is 9.22. The molecule has 1 aromatic carbocycles. The number of piperazine rings is 1. The molecule has 128 valence electrons. The lowest BCUT2D eigenvalue weighted by Crippen LogP contribution is -2.52. The van der Waals surface area contributed by atoms with E-state index in [-0.39, 0.29) is 5.82 Å². The van der Waals surface area contributed by atoms with E-state index >= 15 is 0 Å². The van der Waals surface area contributed by atoms with Gasteiger partial charge in [0.2, 0.25) is 0 Å². The average Bonchev–Trinajstić information content (AvgIpc) is 3.13. The maximum Gasteiger partial charge on any atom is 0.194 e. The Morgan fingerprint density at radius 3 is 2.58 bits per heavy atom. The van der Waals surface area contributed by atoms with Crippen molar-refractivity contribution in [2.45, 2.75) is 13.5 Å². The molecule has 2 heterocycles. The number of H-pyrrole nitrogens is 1. The average molecular weight is 330 g/mol. The van der Waals surface area contributed by atoms with Crippen LogP contribution in [0.1, 0.15) is 12.6 Å². The molecule has 0 atom stereocenters. The first-order valence-electron chi connectivity index (χ1n) is 8.28. The summed E-state index contributed by atoms with van der Waals surface area (Å²) in [6, 6.07) is 8.62. The summed E-state index contributed by atoms with van der Waals surface area (Å²) in [5, 5.41) is 10.2. The lowest BCUT2D eigenvalue weighted by Gasteiger charge is -2.37. The number of nitrogens with one attached hydrogen (secondary N) is 2. The zero-order valence-corrected chi connectivity index (χ0v) is 13.9. The second-order valence-electron chi connectivity index (χ2n) is 5.70. The molecular formula is C17H23FN6. The summed E-state index contributed by atoms with van der Waals surface area (Å²) in [7, 11) is 0. The monoisotopic (exact) mass is 330 g/mol. The molecule has 3 rings (SSSR count). The number of aliphatic imine (C=N–C) groups is 1. The molecule has 1 aromatic heterocycles. The predicted octanol–water partition coefficient (Wildman–Crippen LogP) is 1.84. The summed E-state index contributed by atoms with van der Waals surface area (Å²) < 4.78 is 13.1. The van der Waals surface area contributed by atoms with Gasteiger partial charge in [-0.25, -0.2) is 9.38 Å². The number of rotatable bonds is 4. The van der Waals surface area contributed by atoms with Crippen LogP contribution in [0.3, 0.4) is 0 Å². The van der Waals surface area contributed by atoms with E-state index in [9.17, 15) is 4.39 Å². The molecule has 0 spiro atoms. The van der Waals surface area contributed by atoms with Crippen molar-refractivity contribution in [1.82, 2.24) is 20.4 Å². The highest BCUT2D eigenvalue weighted by molar-refractivity contribution is 5.80. The number of hydrogen-bond acceptors (Lipinski definition) is 3. The maximum atomic E-state index is 13.1. The normalized spacial score (nSPS) is 15.7. The third kappa shape index (κ3) is 4.04. The molecule has 0 bridgehead atoms. The molecule has 2 N–H and O–H groups in total. The van der Waals surface area contributed by atoms with Crippen LogP contribution in [0, 0.1) is 5.82 Å². The smallest absolute Gasteiger partial charge is 0.194 e. The molecule has 0 saturated carbocycles. The summed E-state index contributed by atoms with van der Waals surface area (Å²) in [5.41, 5.74) is 2.06. The second kappa shape index (κ2) is 7.81. The number of guanidine groups is 1. The molecule has 7 heteroatoms. The molecule has 0 radical (unpaired) electrons. The van der Waals surface area contributed by atoms with Gasteiger partial charge in [-0.05, 0) is 37.3 Å². The number of anilines is 1. The Morgan fingerprint density at radius 2 is 1.96 bits per heavy atom. The van der Waals surface area contributed by atoms with Gasteiger partial charge in [0.1, 0.15) is 5.82 Å². The molecule has 0 aliphatic carbocycles. The molecule has 0 unspecified atom stereocenters. The van der Waals surface area contributed by atoms with Crippen molar-refractivity contribution in [3.63, 3.8) is 0 Å². The van der Waals surface area contributed by atoms with Crippen molar-refractivity contribution < 1.29 is 4.39 Å². The molecular weight excluding hydrogens is 307 g/mol. The van der Waals surface area contributed by atoms with E-state index in [0.29, 0.717) is 6.54 Å². The fourth-order valence-corrected chi connectivity index (χ4v) is 2.79.